The van der Waals surface area contributed by atoms with Crippen molar-refractivity contribution in [2.75, 3.05) is 0 Å². The number of hydrogen-bond acceptors (Lipinski definition) is 2. The second-order valence-electron chi connectivity index (χ2n) is 4.27. The predicted octanol–water partition coefficient (Wildman–Crippen LogP) is 2.58. The standard InChI is InChI=1S/C13H17N3/c1-9(2)10-3-5-11(6-4-10)12(14)13-15-7-8-16-13/h3-9,12H,14H2,1-2H3,(H,15,16). The van der Waals surface area contributed by atoms with Crippen molar-refractivity contribution in [3.05, 3.63) is 53.6 Å². The molecule has 16 heavy (non-hydrogen) atoms. The third kappa shape index (κ3) is 2.14. The van der Waals surface area contributed by atoms with Gasteiger partial charge in [0.25, 0.3) is 0 Å². The highest BCUT2D eigenvalue weighted by molar-refractivity contribution is 5.29. The molecule has 0 aliphatic carbocycles. The molecule has 2 aromatic rings. The van der Waals surface area contributed by atoms with E-state index in [1.54, 1.807) is 12.4 Å². The lowest BCUT2D eigenvalue weighted by molar-refractivity contribution is 0.796. The molecule has 0 bridgehead atoms. The Morgan fingerprint density at radius 1 is 1.12 bits per heavy atom. The van der Waals surface area contributed by atoms with E-state index in [1.807, 2.05) is 0 Å². The summed E-state index contributed by atoms with van der Waals surface area (Å²) in [5, 5.41) is 0. The van der Waals surface area contributed by atoms with E-state index in [0.717, 1.165) is 11.4 Å². The summed E-state index contributed by atoms with van der Waals surface area (Å²) < 4.78 is 0. The number of H-pyrrole nitrogens is 1. The van der Waals surface area contributed by atoms with E-state index in [1.165, 1.54) is 5.56 Å². The Morgan fingerprint density at radius 2 is 1.75 bits per heavy atom. The largest absolute Gasteiger partial charge is 0.347 e. The van der Waals surface area contributed by atoms with Crippen molar-refractivity contribution in [1.29, 1.82) is 0 Å². The van der Waals surface area contributed by atoms with Crippen LogP contribution in [0.25, 0.3) is 0 Å². The molecule has 0 radical (unpaired) electrons. The summed E-state index contributed by atoms with van der Waals surface area (Å²) in [5.41, 5.74) is 8.50. The van der Waals surface area contributed by atoms with Crippen LogP contribution in [0.1, 0.15) is 42.8 Å². The van der Waals surface area contributed by atoms with Crippen LogP contribution < -0.4 is 5.73 Å². The molecular weight excluding hydrogens is 198 g/mol. The van der Waals surface area contributed by atoms with Gasteiger partial charge in [0, 0.05) is 12.4 Å². The Bertz CT molecular complexity index is 429. The minimum absolute atomic E-state index is 0.170. The molecule has 0 fully saturated rings. The molecule has 1 heterocycles. The Balaban J connectivity index is 2.22. The van der Waals surface area contributed by atoms with Crippen molar-refractivity contribution in [3.63, 3.8) is 0 Å². The molecule has 84 valence electrons. The number of aromatic nitrogens is 2. The Morgan fingerprint density at radius 3 is 2.25 bits per heavy atom. The van der Waals surface area contributed by atoms with E-state index in [-0.39, 0.29) is 6.04 Å². The molecule has 0 saturated carbocycles. The summed E-state index contributed by atoms with van der Waals surface area (Å²) >= 11 is 0. The van der Waals surface area contributed by atoms with Gasteiger partial charge in [0.1, 0.15) is 5.82 Å². The van der Waals surface area contributed by atoms with Crippen molar-refractivity contribution in [2.24, 2.45) is 5.73 Å². The van der Waals surface area contributed by atoms with E-state index in [4.69, 9.17) is 5.73 Å². The molecule has 1 atom stereocenters. The SMILES string of the molecule is CC(C)c1ccc(C(N)c2ncc[nH]2)cc1. The number of nitrogens with two attached hydrogens (primary N) is 1. The summed E-state index contributed by atoms with van der Waals surface area (Å²) in [6, 6.07) is 8.23. The van der Waals surface area contributed by atoms with Gasteiger partial charge in [0.2, 0.25) is 0 Å². The molecule has 0 amide bonds. The van der Waals surface area contributed by atoms with Crippen LogP contribution in [0.4, 0.5) is 0 Å². The lowest BCUT2D eigenvalue weighted by Crippen LogP contribution is -2.13. The van der Waals surface area contributed by atoms with Crippen LogP contribution in [0.15, 0.2) is 36.7 Å². The van der Waals surface area contributed by atoms with E-state index >= 15 is 0 Å². The number of imidazole rings is 1. The summed E-state index contributed by atoms with van der Waals surface area (Å²) in [6.07, 6.45) is 3.51. The van der Waals surface area contributed by atoms with Crippen molar-refractivity contribution in [1.82, 2.24) is 9.97 Å². The molecule has 3 N–H and O–H groups in total. The van der Waals surface area contributed by atoms with Crippen molar-refractivity contribution < 1.29 is 0 Å². The highest BCUT2D eigenvalue weighted by Gasteiger charge is 2.10. The van der Waals surface area contributed by atoms with Crippen LogP contribution in [0, 0.1) is 0 Å². The maximum absolute atomic E-state index is 6.09. The van der Waals surface area contributed by atoms with Gasteiger partial charge in [-0.15, -0.1) is 0 Å². The number of aromatic amines is 1. The fraction of sp³-hybridized carbons (Fsp3) is 0.308. The van der Waals surface area contributed by atoms with Crippen LogP contribution in [-0.4, -0.2) is 9.97 Å². The molecule has 1 aromatic carbocycles. The minimum Gasteiger partial charge on any atom is -0.347 e. The minimum atomic E-state index is -0.170. The zero-order valence-electron chi connectivity index (χ0n) is 9.64. The molecule has 1 unspecified atom stereocenters. The monoisotopic (exact) mass is 215 g/mol. The molecular formula is C13H17N3. The van der Waals surface area contributed by atoms with Crippen LogP contribution in [-0.2, 0) is 0 Å². The smallest absolute Gasteiger partial charge is 0.127 e. The molecule has 2 rings (SSSR count). The lowest BCUT2D eigenvalue weighted by Gasteiger charge is -2.11. The molecule has 3 nitrogen and oxygen atoms in total. The van der Waals surface area contributed by atoms with E-state index in [9.17, 15) is 0 Å². The van der Waals surface area contributed by atoms with E-state index in [0.29, 0.717) is 5.92 Å². The molecule has 0 saturated heterocycles. The quantitative estimate of drug-likeness (QED) is 0.826. The summed E-state index contributed by atoms with van der Waals surface area (Å²) in [7, 11) is 0. The maximum atomic E-state index is 6.09. The van der Waals surface area contributed by atoms with Gasteiger partial charge in [-0.3, -0.25) is 0 Å². The van der Waals surface area contributed by atoms with Crippen LogP contribution in [0.3, 0.4) is 0 Å². The first-order valence-electron chi connectivity index (χ1n) is 5.53. The fourth-order valence-corrected chi connectivity index (χ4v) is 1.69. The zero-order valence-corrected chi connectivity index (χ0v) is 9.64. The highest BCUT2D eigenvalue weighted by atomic mass is 14.9. The van der Waals surface area contributed by atoms with Gasteiger partial charge in [0.15, 0.2) is 0 Å². The third-order valence-corrected chi connectivity index (χ3v) is 2.78. The summed E-state index contributed by atoms with van der Waals surface area (Å²) in [6.45, 7) is 4.36. The average molecular weight is 215 g/mol. The fourth-order valence-electron chi connectivity index (χ4n) is 1.69. The topological polar surface area (TPSA) is 54.7 Å². The Labute approximate surface area is 95.7 Å². The van der Waals surface area contributed by atoms with Gasteiger partial charge in [0.05, 0.1) is 6.04 Å². The van der Waals surface area contributed by atoms with Gasteiger partial charge in [-0.2, -0.15) is 0 Å². The van der Waals surface area contributed by atoms with Gasteiger partial charge < -0.3 is 10.7 Å². The first-order valence-corrected chi connectivity index (χ1v) is 5.53. The lowest BCUT2D eigenvalue weighted by atomic mass is 9.99. The zero-order chi connectivity index (χ0) is 11.5. The summed E-state index contributed by atoms with van der Waals surface area (Å²) in [5.74, 6) is 1.35. The van der Waals surface area contributed by atoms with Gasteiger partial charge >= 0.3 is 0 Å². The second kappa shape index (κ2) is 4.49. The van der Waals surface area contributed by atoms with Gasteiger partial charge in [-0.05, 0) is 17.0 Å². The van der Waals surface area contributed by atoms with Crippen LogP contribution in [0.5, 0.6) is 0 Å². The Kier molecular flexibility index (Phi) is 3.06. The molecule has 0 spiro atoms. The van der Waals surface area contributed by atoms with Crippen molar-refractivity contribution in [3.8, 4) is 0 Å². The second-order valence-corrected chi connectivity index (χ2v) is 4.27. The number of rotatable bonds is 3. The summed E-state index contributed by atoms with van der Waals surface area (Å²) in [4.78, 5) is 7.21. The molecule has 0 aliphatic rings. The number of hydrogen-bond donors (Lipinski definition) is 2. The van der Waals surface area contributed by atoms with E-state index < -0.39 is 0 Å². The highest BCUT2D eigenvalue weighted by Crippen LogP contribution is 2.20. The number of benzene rings is 1. The third-order valence-electron chi connectivity index (χ3n) is 2.78. The molecule has 3 heteroatoms. The van der Waals surface area contributed by atoms with Crippen LogP contribution in [0.2, 0.25) is 0 Å². The molecule has 0 aliphatic heterocycles. The van der Waals surface area contributed by atoms with Gasteiger partial charge in [-0.1, -0.05) is 38.1 Å². The van der Waals surface area contributed by atoms with Crippen LogP contribution >= 0.6 is 0 Å². The maximum Gasteiger partial charge on any atom is 0.127 e. The predicted molar refractivity (Wildman–Crippen MR) is 65.1 cm³/mol. The number of nitrogens with zero attached hydrogens (tertiary/aromatic N) is 1. The van der Waals surface area contributed by atoms with E-state index in [2.05, 4.69) is 48.1 Å². The molecule has 1 aromatic heterocycles. The number of nitrogens with one attached hydrogen (secondary N) is 1. The first kappa shape index (κ1) is 10.9. The van der Waals surface area contributed by atoms with Crippen molar-refractivity contribution in [2.45, 2.75) is 25.8 Å². The van der Waals surface area contributed by atoms with Gasteiger partial charge in [-0.25, -0.2) is 4.98 Å². The first-order chi connectivity index (χ1) is 7.68. The Hall–Kier alpha value is -1.61. The van der Waals surface area contributed by atoms with Crippen molar-refractivity contribution >= 4 is 0 Å². The normalized spacial score (nSPS) is 13.0. The average Bonchev–Trinajstić information content (AvgIpc) is 2.81.